The summed E-state index contributed by atoms with van der Waals surface area (Å²) in [4.78, 5) is 19.4. The van der Waals surface area contributed by atoms with Crippen LogP contribution in [0.25, 0.3) is 45.2 Å². The molecule has 0 aliphatic heterocycles. The lowest BCUT2D eigenvalue weighted by atomic mass is 10.1. The molecule has 2 N–H and O–H groups in total. The van der Waals surface area contributed by atoms with Crippen LogP contribution in [-0.2, 0) is 12.8 Å². The summed E-state index contributed by atoms with van der Waals surface area (Å²) in [5, 5.41) is 25.9. The SMILES string of the molecule is COc1ccc(CCN(c2cc(-c3cccc(-c4cc(C)[nH]n4)c3)nc(OC)n2)N(CCc2ccc(OC)c(F)c2)c2cc(-c3cccc(-c4nnn[nH]4)c3)nc(OC)n2)cc1. The van der Waals surface area contributed by atoms with Crippen molar-refractivity contribution < 1.29 is 23.3 Å². The van der Waals surface area contributed by atoms with E-state index in [0.29, 0.717) is 54.8 Å². The van der Waals surface area contributed by atoms with Gasteiger partial charge in [-0.3, -0.25) is 15.1 Å². The molecule has 0 spiro atoms. The van der Waals surface area contributed by atoms with Crippen molar-refractivity contribution in [2.45, 2.75) is 19.8 Å². The van der Waals surface area contributed by atoms with E-state index in [1.807, 2.05) is 114 Å². The Balaban J connectivity index is 1.27. The van der Waals surface area contributed by atoms with Gasteiger partial charge in [-0.2, -0.15) is 25.0 Å². The molecule has 62 heavy (non-hydrogen) atoms. The van der Waals surface area contributed by atoms with Crippen molar-refractivity contribution in [1.29, 1.82) is 0 Å². The second kappa shape index (κ2) is 18.5. The summed E-state index contributed by atoms with van der Waals surface area (Å²) >= 11 is 0. The maximum atomic E-state index is 15.1. The summed E-state index contributed by atoms with van der Waals surface area (Å²) in [6.45, 7) is 2.68. The first kappa shape index (κ1) is 40.8. The van der Waals surface area contributed by atoms with Gasteiger partial charge in [-0.25, -0.2) is 9.49 Å². The van der Waals surface area contributed by atoms with Gasteiger partial charge >= 0.3 is 12.0 Å². The van der Waals surface area contributed by atoms with Crippen LogP contribution in [0.1, 0.15) is 16.8 Å². The molecule has 0 saturated carbocycles. The van der Waals surface area contributed by atoms with E-state index in [9.17, 15) is 0 Å². The molecule has 0 amide bonds. The lowest BCUT2D eigenvalue weighted by Crippen LogP contribution is -2.46. The standard InChI is InChI=1S/C45H43FN12O4/c1-28-22-39(52-51-28)33-10-6-8-31(24-33)37-26-41(49-44(47-37)61-4)57(20-18-29-12-15-35(59-2)16-13-29)58(21-19-30-14-17-40(60-3)36(46)23-30)42-27-38(48-45(50-42)62-5)32-9-7-11-34(25-32)43-53-55-56-54-43/h6-17,22-27H,18-21H2,1-5H3,(H,51,52)(H,53,54,55,56). The number of hydrogen-bond donors (Lipinski definition) is 2. The Morgan fingerprint density at radius 2 is 1.15 bits per heavy atom. The molecule has 8 aromatic rings. The number of rotatable bonds is 17. The molecule has 0 unspecified atom stereocenters. The molecule has 16 nitrogen and oxygen atoms in total. The number of H-pyrrole nitrogens is 2. The van der Waals surface area contributed by atoms with Gasteiger partial charge in [-0.1, -0.05) is 54.6 Å². The lowest BCUT2D eigenvalue weighted by Gasteiger charge is -2.37. The van der Waals surface area contributed by atoms with Gasteiger partial charge in [0.25, 0.3) is 0 Å². The molecule has 0 saturated heterocycles. The van der Waals surface area contributed by atoms with Crippen molar-refractivity contribution in [2.75, 3.05) is 51.5 Å². The number of aromatic nitrogens is 10. The van der Waals surface area contributed by atoms with Gasteiger partial charge in [0.2, 0.25) is 0 Å². The molecule has 4 aromatic carbocycles. The zero-order valence-electron chi connectivity index (χ0n) is 34.7. The van der Waals surface area contributed by atoms with E-state index in [1.54, 1.807) is 13.2 Å². The average Bonchev–Trinajstić information content (AvgIpc) is 4.03. The molecule has 4 aromatic heterocycles. The van der Waals surface area contributed by atoms with Crippen molar-refractivity contribution in [3.05, 3.63) is 132 Å². The van der Waals surface area contributed by atoms with E-state index in [0.717, 1.165) is 50.5 Å². The highest BCUT2D eigenvalue weighted by Crippen LogP contribution is 2.33. The average molecular weight is 835 g/mol. The Morgan fingerprint density at radius 1 is 0.565 bits per heavy atom. The summed E-state index contributed by atoms with van der Waals surface area (Å²) in [5.74, 6) is 1.95. The summed E-state index contributed by atoms with van der Waals surface area (Å²) in [6.07, 6.45) is 0.978. The van der Waals surface area contributed by atoms with E-state index >= 15 is 4.39 Å². The largest absolute Gasteiger partial charge is 0.497 e. The van der Waals surface area contributed by atoms with Crippen molar-refractivity contribution in [1.82, 2.24) is 50.8 Å². The maximum absolute atomic E-state index is 15.1. The number of halogens is 1. The zero-order chi connectivity index (χ0) is 43.0. The fourth-order valence-electron chi connectivity index (χ4n) is 6.93. The Bertz CT molecular complexity index is 2770. The number of nitrogens with zero attached hydrogens (tertiary/aromatic N) is 10. The third kappa shape index (κ3) is 9.26. The van der Waals surface area contributed by atoms with Crippen LogP contribution in [-0.4, -0.2) is 92.3 Å². The predicted octanol–water partition coefficient (Wildman–Crippen LogP) is 7.37. The van der Waals surface area contributed by atoms with Crippen LogP contribution in [0.15, 0.2) is 109 Å². The fourth-order valence-corrected chi connectivity index (χ4v) is 6.93. The number of methoxy groups -OCH3 is 4. The smallest absolute Gasteiger partial charge is 0.318 e. The number of hydrazine groups is 1. The number of ether oxygens (including phenoxy) is 4. The van der Waals surface area contributed by atoms with Crippen LogP contribution >= 0.6 is 0 Å². The first-order valence-electron chi connectivity index (χ1n) is 19.6. The zero-order valence-corrected chi connectivity index (χ0v) is 34.7. The number of anilines is 2. The molecule has 0 aliphatic carbocycles. The second-order valence-electron chi connectivity index (χ2n) is 14.1. The summed E-state index contributed by atoms with van der Waals surface area (Å²) < 4.78 is 37.3. The first-order valence-corrected chi connectivity index (χ1v) is 19.6. The van der Waals surface area contributed by atoms with Crippen LogP contribution < -0.4 is 29.0 Å². The van der Waals surface area contributed by atoms with Crippen LogP contribution in [0.3, 0.4) is 0 Å². The van der Waals surface area contributed by atoms with Crippen LogP contribution in [0.5, 0.6) is 23.5 Å². The minimum Gasteiger partial charge on any atom is -0.497 e. The van der Waals surface area contributed by atoms with Gasteiger partial charge in [0, 0.05) is 53.2 Å². The minimum atomic E-state index is -0.460. The Kier molecular flexibility index (Phi) is 12.2. The van der Waals surface area contributed by atoms with Crippen LogP contribution in [0.4, 0.5) is 16.0 Å². The van der Waals surface area contributed by atoms with Gasteiger partial charge < -0.3 is 18.9 Å². The van der Waals surface area contributed by atoms with Crippen LogP contribution in [0, 0.1) is 12.7 Å². The molecular formula is C45H43FN12O4. The van der Waals surface area contributed by atoms with E-state index in [2.05, 4.69) is 30.8 Å². The topological polar surface area (TPSA) is 178 Å². The predicted molar refractivity (Wildman–Crippen MR) is 232 cm³/mol. The summed E-state index contributed by atoms with van der Waals surface area (Å²) in [5.41, 5.74) is 8.01. The summed E-state index contributed by atoms with van der Waals surface area (Å²) in [7, 11) is 6.14. The molecule has 0 aliphatic rings. The maximum Gasteiger partial charge on any atom is 0.318 e. The molecule has 8 rings (SSSR count). The Labute approximate surface area is 356 Å². The molecule has 0 atom stereocenters. The number of benzene rings is 4. The third-order valence-corrected chi connectivity index (χ3v) is 10.1. The Morgan fingerprint density at radius 3 is 1.68 bits per heavy atom. The molecule has 0 radical (unpaired) electrons. The van der Waals surface area contributed by atoms with Crippen molar-refractivity contribution in [3.63, 3.8) is 0 Å². The molecule has 314 valence electrons. The van der Waals surface area contributed by atoms with Crippen LogP contribution in [0.2, 0.25) is 0 Å². The van der Waals surface area contributed by atoms with Crippen molar-refractivity contribution in [2.24, 2.45) is 0 Å². The lowest BCUT2D eigenvalue weighted by molar-refractivity contribution is 0.378. The fraction of sp³-hybridized carbons (Fsp3) is 0.200. The quantitative estimate of drug-likeness (QED) is 0.0869. The normalized spacial score (nSPS) is 11.0. The number of tetrazole rings is 1. The minimum absolute atomic E-state index is 0.131. The number of nitrogens with one attached hydrogen (secondary N) is 2. The molecular weight excluding hydrogens is 792 g/mol. The highest BCUT2D eigenvalue weighted by Gasteiger charge is 2.25. The van der Waals surface area contributed by atoms with Gasteiger partial charge in [0.15, 0.2) is 29.0 Å². The highest BCUT2D eigenvalue weighted by atomic mass is 19.1. The molecule has 0 bridgehead atoms. The molecule has 4 heterocycles. The van der Waals surface area contributed by atoms with E-state index in [4.69, 9.17) is 38.9 Å². The van der Waals surface area contributed by atoms with Crippen molar-refractivity contribution >= 4 is 11.6 Å². The van der Waals surface area contributed by atoms with E-state index < -0.39 is 5.82 Å². The number of hydrogen-bond acceptors (Lipinski definition) is 14. The number of aryl methyl sites for hydroxylation is 1. The highest BCUT2D eigenvalue weighted by molar-refractivity contribution is 5.73. The monoisotopic (exact) mass is 834 g/mol. The van der Waals surface area contributed by atoms with Crippen molar-refractivity contribution in [3.8, 4) is 68.7 Å². The van der Waals surface area contributed by atoms with Gasteiger partial charge in [-0.05, 0) is 83.8 Å². The van der Waals surface area contributed by atoms with Gasteiger partial charge in [-0.15, -0.1) is 5.10 Å². The Hall–Kier alpha value is -7.95. The van der Waals surface area contributed by atoms with E-state index in [-0.39, 0.29) is 17.8 Å². The molecule has 0 fully saturated rings. The molecule has 17 heteroatoms. The number of aromatic amines is 2. The first-order chi connectivity index (χ1) is 30.3. The summed E-state index contributed by atoms with van der Waals surface area (Å²) in [6, 6.07) is 34.6. The third-order valence-electron chi connectivity index (χ3n) is 10.1. The van der Waals surface area contributed by atoms with Gasteiger partial charge in [0.1, 0.15) is 5.75 Å². The second-order valence-corrected chi connectivity index (χ2v) is 14.1. The van der Waals surface area contributed by atoms with E-state index in [1.165, 1.54) is 27.4 Å². The van der Waals surface area contributed by atoms with Gasteiger partial charge in [0.05, 0.1) is 45.5 Å².